The molecule has 0 saturated carbocycles. The molecular formula is C31H29N3O9. The van der Waals surface area contributed by atoms with E-state index in [9.17, 15) is 24.0 Å². The number of amides is 3. The topological polar surface area (TPSA) is 155 Å². The average molecular weight is 588 g/mol. The minimum atomic E-state index is -2.30. The molecule has 43 heavy (non-hydrogen) atoms. The molecule has 3 amide bonds. The summed E-state index contributed by atoms with van der Waals surface area (Å²) in [5, 5.41) is 0.583. The molecule has 222 valence electrons. The Morgan fingerprint density at radius 3 is 2.05 bits per heavy atom. The van der Waals surface area contributed by atoms with Crippen LogP contribution in [0.4, 0.5) is 4.79 Å². The number of nitrogens with zero attached hydrogens (tertiary/aromatic N) is 2. The molecule has 2 saturated heterocycles. The van der Waals surface area contributed by atoms with Gasteiger partial charge in [0.05, 0.1) is 13.0 Å². The van der Waals surface area contributed by atoms with Crippen LogP contribution in [0.3, 0.4) is 0 Å². The molecule has 2 atom stereocenters. The zero-order chi connectivity index (χ0) is 30.4. The summed E-state index contributed by atoms with van der Waals surface area (Å²) in [4.78, 5) is 71.9. The van der Waals surface area contributed by atoms with E-state index in [1.165, 1.54) is 0 Å². The highest BCUT2D eigenvalue weighted by atomic mass is 16.8. The molecule has 3 aromatic carbocycles. The molecule has 2 N–H and O–H groups in total. The first kappa shape index (κ1) is 29.4. The molecular weight excluding hydrogens is 558 g/mol. The van der Waals surface area contributed by atoms with Gasteiger partial charge in [0.25, 0.3) is 5.91 Å². The van der Waals surface area contributed by atoms with Gasteiger partial charge in [-0.05, 0) is 16.7 Å². The van der Waals surface area contributed by atoms with E-state index in [1.807, 2.05) is 12.1 Å². The first-order valence-electron chi connectivity index (χ1n) is 13.6. The van der Waals surface area contributed by atoms with E-state index in [-0.39, 0.29) is 19.4 Å². The van der Waals surface area contributed by atoms with E-state index < -0.39 is 60.9 Å². The van der Waals surface area contributed by atoms with Crippen molar-refractivity contribution in [1.29, 1.82) is 0 Å². The minimum Gasteiger partial charge on any atom is -0.448 e. The van der Waals surface area contributed by atoms with Crippen molar-refractivity contribution in [3.63, 3.8) is 0 Å². The van der Waals surface area contributed by atoms with E-state index in [0.717, 1.165) is 0 Å². The second-order valence-electron chi connectivity index (χ2n) is 9.82. The largest absolute Gasteiger partial charge is 0.448 e. The number of esters is 2. The number of carbonyl (C=O) groups is 5. The molecule has 2 fully saturated rings. The summed E-state index contributed by atoms with van der Waals surface area (Å²) in [6.07, 6.45) is -2.53. The Hall–Kier alpha value is -5.07. The van der Waals surface area contributed by atoms with Crippen molar-refractivity contribution in [2.45, 2.75) is 37.3 Å². The number of ether oxygens (including phenoxy) is 3. The monoisotopic (exact) mass is 587 g/mol. The molecule has 0 bridgehead atoms. The lowest BCUT2D eigenvalue weighted by molar-refractivity contribution is -0.260. The Morgan fingerprint density at radius 2 is 1.51 bits per heavy atom. The maximum atomic E-state index is 13.9. The minimum absolute atomic E-state index is 0.173. The Labute approximate surface area is 246 Å². The van der Waals surface area contributed by atoms with Crippen LogP contribution in [0.1, 0.15) is 35.6 Å². The van der Waals surface area contributed by atoms with Gasteiger partial charge >= 0.3 is 23.8 Å². The summed E-state index contributed by atoms with van der Waals surface area (Å²) in [6, 6.07) is 25.0. The number of cyclic esters (lactones) is 1. The lowest BCUT2D eigenvalue weighted by atomic mass is 10.0. The molecule has 0 aromatic heterocycles. The number of imide groups is 1. The lowest BCUT2D eigenvalue weighted by Gasteiger charge is -2.34. The highest BCUT2D eigenvalue weighted by Crippen LogP contribution is 2.38. The van der Waals surface area contributed by atoms with E-state index in [0.29, 0.717) is 26.7 Å². The number of carbonyl (C=O) groups excluding carboxylic acids is 5. The maximum Gasteiger partial charge on any atom is 0.417 e. The highest BCUT2D eigenvalue weighted by molar-refractivity contribution is 6.00. The molecule has 0 spiro atoms. The van der Waals surface area contributed by atoms with E-state index in [2.05, 4.69) is 0 Å². The van der Waals surface area contributed by atoms with E-state index >= 15 is 0 Å². The summed E-state index contributed by atoms with van der Waals surface area (Å²) in [6.45, 7) is -1.31. The van der Waals surface area contributed by atoms with E-state index in [1.54, 1.807) is 78.9 Å². The van der Waals surface area contributed by atoms with Crippen molar-refractivity contribution < 1.29 is 43.0 Å². The van der Waals surface area contributed by atoms with Crippen LogP contribution in [0.2, 0.25) is 0 Å². The van der Waals surface area contributed by atoms with Gasteiger partial charge in [0.2, 0.25) is 5.91 Å². The second kappa shape index (κ2) is 12.8. The summed E-state index contributed by atoms with van der Waals surface area (Å²) in [7, 11) is 0. The fraction of sp³-hybridized carbons (Fsp3) is 0.258. The van der Waals surface area contributed by atoms with Gasteiger partial charge in [-0.1, -0.05) is 91.0 Å². The van der Waals surface area contributed by atoms with Crippen LogP contribution in [-0.2, 0) is 44.8 Å². The van der Waals surface area contributed by atoms with Crippen molar-refractivity contribution in [2.24, 2.45) is 5.73 Å². The molecule has 5 rings (SSSR count). The SMILES string of the molecule is NCC(=O)N(C(=O)OCc1ccccc1)[C@H]1CON(C2(C(=O)OC(c3ccccc3)c3ccccc3)CCC(=O)O2)C1=O. The van der Waals surface area contributed by atoms with Crippen molar-refractivity contribution >= 4 is 29.8 Å². The van der Waals surface area contributed by atoms with Crippen LogP contribution in [-0.4, -0.2) is 64.7 Å². The predicted octanol–water partition coefficient (Wildman–Crippen LogP) is 2.62. The van der Waals surface area contributed by atoms with Crippen molar-refractivity contribution in [3.05, 3.63) is 108 Å². The van der Waals surface area contributed by atoms with Gasteiger partial charge in [-0.3, -0.25) is 19.2 Å². The fourth-order valence-corrected chi connectivity index (χ4v) is 4.89. The third-order valence-electron chi connectivity index (χ3n) is 7.03. The fourth-order valence-electron chi connectivity index (χ4n) is 4.89. The van der Waals surface area contributed by atoms with Crippen LogP contribution < -0.4 is 5.73 Å². The van der Waals surface area contributed by atoms with Crippen LogP contribution in [0.25, 0.3) is 0 Å². The van der Waals surface area contributed by atoms with E-state index in [4.69, 9.17) is 24.8 Å². The number of nitrogens with two attached hydrogens (primary N) is 1. The number of hydrogen-bond donors (Lipinski definition) is 1. The highest BCUT2D eigenvalue weighted by Gasteiger charge is 2.61. The zero-order valence-corrected chi connectivity index (χ0v) is 23.0. The number of rotatable bonds is 9. The quantitative estimate of drug-likeness (QED) is 0.292. The average Bonchev–Trinajstić information content (AvgIpc) is 3.63. The zero-order valence-electron chi connectivity index (χ0n) is 23.0. The van der Waals surface area contributed by atoms with Crippen LogP contribution in [0, 0.1) is 0 Å². The van der Waals surface area contributed by atoms with Crippen LogP contribution in [0.5, 0.6) is 0 Å². The number of hydroxylamine groups is 2. The molecule has 0 aliphatic carbocycles. The summed E-state index contributed by atoms with van der Waals surface area (Å²) >= 11 is 0. The third kappa shape index (κ3) is 6.10. The van der Waals surface area contributed by atoms with Crippen molar-refractivity contribution in [2.75, 3.05) is 13.2 Å². The Morgan fingerprint density at radius 1 is 0.930 bits per heavy atom. The van der Waals surface area contributed by atoms with Gasteiger partial charge in [-0.2, -0.15) is 5.06 Å². The van der Waals surface area contributed by atoms with Gasteiger partial charge in [-0.15, -0.1) is 0 Å². The van der Waals surface area contributed by atoms with Gasteiger partial charge in [0.15, 0.2) is 6.10 Å². The van der Waals surface area contributed by atoms with Crippen molar-refractivity contribution in [3.8, 4) is 0 Å². The Balaban J connectivity index is 1.40. The lowest BCUT2D eigenvalue weighted by Crippen LogP contribution is -2.58. The molecule has 12 heteroatoms. The number of benzene rings is 3. The molecule has 12 nitrogen and oxygen atoms in total. The molecule has 3 aromatic rings. The molecule has 0 radical (unpaired) electrons. The van der Waals surface area contributed by atoms with Gasteiger partial charge < -0.3 is 19.9 Å². The molecule has 2 aliphatic heterocycles. The standard InChI is InChI=1S/C31H29N3O9/c32-18-25(35)33(30(39)40-19-21-10-4-1-5-11-21)24-20-41-34(28(24)37)31(17-16-26(36)43-31)29(38)42-27(22-12-6-2-7-13-22)23-14-8-3-9-15-23/h1-15,24,27H,16-20,32H2/t24-,31?/m0/s1. The summed E-state index contributed by atoms with van der Waals surface area (Å²) < 4.78 is 16.7. The number of hydrogen-bond acceptors (Lipinski definition) is 10. The molecule has 1 unspecified atom stereocenters. The van der Waals surface area contributed by atoms with Gasteiger partial charge in [0, 0.05) is 6.42 Å². The van der Waals surface area contributed by atoms with Gasteiger partial charge in [-0.25, -0.2) is 14.5 Å². The first-order valence-corrected chi connectivity index (χ1v) is 13.6. The van der Waals surface area contributed by atoms with Crippen molar-refractivity contribution in [1.82, 2.24) is 9.96 Å². The maximum absolute atomic E-state index is 13.9. The van der Waals surface area contributed by atoms with Gasteiger partial charge in [0.1, 0.15) is 19.3 Å². The second-order valence-corrected chi connectivity index (χ2v) is 9.82. The Bertz CT molecular complexity index is 1450. The van der Waals surface area contributed by atoms with Crippen LogP contribution >= 0.6 is 0 Å². The first-order chi connectivity index (χ1) is 20.8. The van der Waals surface area contributed by atoms with Crippen LogP contribution in [0.15, 0.2) is 91.0 Å². The smallest absolute Gasteiger partial charge is 0.417 e. The third-order valence-corrected chi connectivity index (χ3v) is 7.03. The summed E-state index contributed by atoms with van der Waals surface area (Å²) in [5.41, 5.74) is 5.16. The molecule has 2 aliphatic rings. The molecule has 2 heterocycles. The normalized spacial score (nSPS) is 19.7. The predicted molar refractivity (Wildman–Crippen MR) is 148 cm³/mol. The Kier molecular flexibility index (Phi) is 8.79. The summed E-state index contributed by atoms with van der Waals surface area (Å²) in [5.74, 6) is -3.71.